The molecule has 4 heterocycles. The van der Waals surface area contributed by atoms with Crippen molar-refractivity contribution in [1.29, 1.82) is 0 Å². The monoisotopic (exact) mass is 501 g/mol. The number of aromatic nitrogens is 3. The summed E-state index contributed by atoms with van der Waals surface area (Å²) in [6, 6.07) is 2.86. The second-order valence-electron chi connectivity index (χ2n) is 8.86. The van der Waals surface area contributed by atoms with E-state index in [1.807, 2.05) is 20.8 Å². The summed E-state index contributed by atoms with van der Waals surface area (Å²) in [6.45, 7) is 5.99. The second-order valence-corrected chi connectivity index (χ2v) is 9.94. The molecular formula is C24H28FN5O4S. The number of halogens is 1. The smallest absolute Gasteiger partial charge is 0.263 e. The van der Waals surface area contributed by atoms with Crippen LogP contribution >= 0.6 is 11.3 Å². The van der Waals surface area contributed by atoms with Gasteiger partial charge in [-0.15, -0.1) is 11.3 Å². The lowest BCUT2D eigenvalue weighted by Gasteiger charge is -2.27. The summed E-state index contributed by atoms with van der Waals surface area (Å²) < 4.78 is 24.2. The van der Waals surface area contributed by atoms with E-state index in [-0.39, 0.29) is 17.9 Å². The van der Waals surface area contributed by atoms with Crippen LogP contribution in [0.1, 0.15) is 64.3 Å². The summed E-state index contributed by atoms with van der Waals surface area (Å²) in [7, 11) is 0. The van der Waals surface area contributed by atoms with Crippen molar-refractivity contribution in [2.75, 3.05) is 6.61 Å². The first-order valence-electron chi connectivity index (χ1n) is 11.5. The first kappa shape index (κ1) is 24.9. The molecule has 1 fully saturated rings. The van der Waals surface area contributed by atoms with E-state index in [4.69, 9.17) is 20.0 Å². The molecule has 0 radical (unpaired) electrons. The maximum Gasteiger partial charge on any atom is 0.263 e. The fraction of sp³-hybridized carbons (Fsp3) is 0.458. The lowest BCUT2D eigenvalue weighted by molar-refractivity contribution is -0.132. The van der Waals surface area contributed by atoms with Crippen LogP contribution < -0.4 is 11.1 Å². The molecule has 0 aromatic carbocycles. The minimum Gasteiger partial charge on any atom is -0.368 e. The highest BCUT2D eigenvalue weighted by atomic mass is 32.1. The highest BCUT2D eigenvalue weighted by molar-refractivity contribution is 7.13. The average Bonchev–Trinajstić information content (AvgIpc) is 3.41. The van der Waals surface area contributed by atoms with E-state index < -0.39 is 17.8 Å². The van der Waals surface area contributed by atoms with Gasteiger partial charge in [0.15, 0.2) is 0 Å². The summed E-state index contributed by atoms with van der Waals surface area (Å²) in [6.07, 6.45) is 2.60. The number of nitrogens with two attached hydrogens (primary N) is 1. The van der Waals surface area contributed by atoms with Crippen molar-refractivity contribution in [3.8, 4) is 11.4 Å². The second kappa shape index (κ2) is 10.6. The highest BCUT2D eigenvalue weighted by Gasteiger charge is 2.32. The zero-order valence-electron chi connectivity index (χ0n) is 19.8. The number of hydrogen-bond acceptors (Lipinski definition) is 8. The number of nitrogens with one attached hydrogen (secondary N) is 1. The van der Waals surface area contributed by atoms with E-state index in [9.17, 15) is 14.0 Å². The Bertz CT molecular complexity index is 1210. The number of thiazole rings is 1. The molecule has 35 heavy (non-hydrogen) atoms. The van der Waals surface area contributed by atoms with Gasteiger partial charge in [0, 0.05) is 30.6 Å². The molecule has 3 N–H and O–H groups in total. The van der Waals surface area contributed by atoms with Crippen LogP contribution in [-0.4, -0.2) is 45.7 Å². The van der Waals surface area contributed by atoms with E-state index in [0.29, 0.717) is 60.0 Å². The predicted molar refractivity (Wildman–Crippen MR) is 127 cm³/mol. The third-order valence-corrected chi connectivity index (χ3v) is 6.98. The number of pyridine rings is 1. The Hall–Kier alpha value is -3.18. The molecule has 0 aliphatic carbocycles. The Kier molecular flexibility index (Phi) is 7.56. The van der Waals surface area contributed by atoms with Gasteiger partial charge in [0.05, 0.1) is 22.6 Å². The molecule has 2 unspecified atom stereocenters. The molecule has 0 spiro atoms. The Labute approximate surface area is 206 Å². The topological polar surface area (TPSA) is 133 Å². The number of ether oxygens (including phenoxy) is 1. The van der Waals surface area contributed by atoms with Crippen molar-refractivity contribution in [2.45, 2.75) is 64.5 Å². The standard InChI is InChI=1S/C24H28FN5O4S/c1-12(2)28-24(32)22-20(14-8-9-33-18(10-14)23(26)31)29-19(35-22)7-5-16-13(3)34-30-21(16)17-6-4-15(25)11-27-17/h4,6,11-12,14,18H,5,7-10H2,1-3H3,(H2,26,31)(H,28,32). The predicted octanol–water partition coefficient (Wildman–Crippen LogP) is 3.31. The summed E-state index contributed by atoms with van der Waals surface area (Å²) in [4.78, 5) is 34.2. The summed E-state index contributed by atoms with van der Waals surface area (Å²) >= 11 is 1.35. The number of amides is 2. The van der Waals surface area contributed by atoms with Crippen molar-refractivity contribution >= 4 is 23.2 Å². The van der Waals surface area contributed by atoms with Crippen LogP contribution in [0.2, 0.25) is 0 Å². The van der Waals surface area contributed by atoms with Gasteiger partial charge in [0.25, 0.3) is 5.91 Å². The Morgan fingerprint density at radius 3 is 2.80 bits per heavy atom. The van der Waals surface area contributed by atoms with Gasteiger partial charge in [0.2, 0.25) is 5.91 Å². The van der Waals surface area contributed by atoms with Crippen LogP contribution in [0.3, 0.4) is 0 Å². The molecule has 11 heteroatoms. The van der Waals surface area contributed by atoms with Crippen molar-refractivity contribution in [2.24, 2.45) is 5.73 Å². The Balaban J connectivity index is 1.59. The molecule has 186 valence electrons. The normalized spacial score (nSPS) is 18.1. The molecule has 2 amide bonds. The minimum atomic E-state index is -0.690. The average molecular weight is 502 g/mol. The maximum atomic E-state index is 13.3. The minimum absolute atomic E-state index is 0.0284. The molecule has 1 saturated heterocycles. The van der Waals surface area contributed by atoms with E-state index in [1.54, 1.807) is 6.07 Å². The third-order valence-electron chi connectivity index (χ3n) is 5.86. The van der Waals surface area contributed by atoms with E-state index in [0.717, 1.165) is 16.8 Å². The van der Waals surface area contributed by atoms with Gasteiger partial charge in [-0.25, -0.2) is 9.37 Å². The summed E-state index contributed by atoms with van der Waals surface area (Å²) in [5.41, 5.74) is 8.08. The quantitative estimate of drug-likeness (QED) is 0.484. The van der Waals surface area contributed by atoms with Crippen LogP contribution in [-0.2, 0) is 22.4 Å². The summed E-state index contributed by atoms with van der Waals surface area (Å²) in [5, 5.41) is 7.84. The number of carbonyl (C=O) groups excluding carboxylic acids is 2. The number of aryl methyl sites for hydroxylation is 2. The molecule has 3 aromatic heterocycles. The molecule has 9 nitrogen and oxygen atoms in total. The molecular weight excluding hydrogens is 473 g/mol. The molecule has 4 rings (SSSR count). The molecule has 3 aromatic rings. The van der Waals surface area contributed by atoms with Crippen LogP contribution in [0.15, 0.2) is 22.9 Å². The van der Waals surface area contributed by atoms with E-state index in [2.05, 4.69) is 15.5 Å². The van der Waals surface area contributed by atoms with Crippen LogP contribution in [0.25, 0.3) is 11.4 Å². The first-order valence-corrected chi connectivity index (χ1v) is 12.3. The number of rotatable bonds is 8. The van der Waals surface area contributed by atoms with Crippen LogP contribution in [0, 0.1) is 12.7 Å². The molecule has 0 bridgehead atoms. The maximum absolute atomic E-state index is 13.3. The van der Waals surface area contributed by atoms with Crippen molar-refractivity contribution in [3.05, 3.63) is 51.0 Å². The van der Waals surface area contributed by atoms with Crippen molar-refractivity contribution in [1.82, 2.24) is 20.4 Å². The zero-order chi connectivity index (χ0) is 25.1. The van der Waals surface area contributed by atoms with Crippen molar-refractivity contribution in [3.63, 3.8) is 0 Å². The fourth-order valence-corrected chi connectivity index (χ4v) is 5.18. The molecule has 2 atom stereocenters. The SMILES string of the molecule is Cc1onc(-c2ccc(F)cn2)c1CCc1nc(C2CCOC(C(N)=O)C2)c(C(=O)NC(C)C)s1. The number of hydrogen-bond donors (Lipinski definition) is 2. The summed E-state index contributed by atoms with van der Waals surface area (Å²) in [5.74, 6) is -0.573. The van der Waals surface area contributed by atoms with Gasteiger partial charge >= 0.3 is 0 Å². The van der Waals surface area contributed by atoms with Crippen molar-refractivity contribution < 1.29 is 23.2 Å². The number of carbonyl (C=O) groups is 2. The largest absolute Gasteiger partial charge is 0.368 e. The lowest BCUT2D eigenvalue weighted by Crippen LogP contribution is -2.37. The Morgan fingerprint density at radius 1 is 1.31 bits per heavy atom. The molecule has 0 saturated carbocycles. The lowest BCUT2D eigenvalue weighted by atomic mass is 9.91. The molecule has 1 aliphatic rings. The zero-order valence-corrected chi connectivity index (χ0v) is 20.7. The van der Waals surface area contributed by atoms with Gasteiger partial charge in [-0.1, -0.05) is 5.16 Å². The van der Waals surface area contributed by atoms with Gasteiger partial charge in [-0.05, 0) is 52.2 Å². The fourth-order valence-electron chi connectivity index (χ4n) is 4.13. The Morgan fingerprint density at radius 2 is 2.11 bits per heavy atom. The van der Waals surface area contributed by atoms with Gasteiger partial charge in [-0.2, -0.15) is 0 Å². The van der Waals surface area contributed by atoms with E-state index >= 15 is 0 Å². The van der Waals surface area contributed by atoms with Gasteiger partial charge in [-0.3, -0.25) is 14.6 Å². The third kappa shape index (κ3) is 5.73. The van der Waals surface area contributed by atoms with Gasteiger partial charge < -0.3 is 20.3 Å². The van der Waals surface area contributed by atoms with Crippen LogP contribution in [0.5, 0.6) is 0 Å². The highest BCUT2D eigenvalue weighted by Crippen LogP contribution is 2.35. The number of primary amides is 1. The van der Waals surface area contributed by atoms with E-state index in [1.165, 1.54) is 17.4 Å². The number of nitrogens with zero attached hydrogens (tertiary/aromatic N) is 3. The van der Waals surface area contributed by atoms with Gasteiger partial charge in [0.1, 0.15) is 28.3 Å². The molecule has 1 aliphatic heterocycles. The first-order chi connectivity index (χ1) is 16.7. The van der Waals surface area contributed by atoms with Crippen LogP contribution in [0.4, 0.5) is 4.39 Å².